The van der Waals surface area contributed by atoms with Gasteiger partial charge in [0.2, 0.25) is 0 Å². The molecular formula is C12H20NS+. The lowest BCUT2D eigenvalue weighted by atomic mass is 10.1. The largest absolute Gasteiger partial charge is 0.200 e. The van der Waals surface area contributed by atoms with Crippen LogP contribution in [0.5, 0.6) is 0 Å². The summed E-state index contributed by atoms with van der Waals surface area (Å²) in [5.41, 5.74) is 3.31. The summed E-state index contributed by atoms with van der Waals surface area (Å²) in [6.45, 7) is 9.21. The fourth-order valence-corrected chi connectivity index (χ4v) is 3.60. The van der Waals surface area contributed by atoms with Crippen molar-refractivity contribution in [1.29, 1.82) is 0 Å². The molecule has 0 amide bonds. The van der Waals surface area contributed by atoms with Gasteiger partial charge in [0.15, 0.2) is 11.7 Å². The number of rotatable bonds is 2. The summed E-state index contributed by atoms with van der Waals surface area (Å²) in [6.07, 6.45) is 3.99. The summed E-state index contributed by atoms with van der Waals surface area (Å²) in [5.74, 6) is 0.701. The third-order valence-corrected chi connectivity index (χ3v) is 4.70. The van der Waals surface area contributed by atoms with Crippen molar-refractivity contribution in [3.63, 3.8) is 0 Å². The second kappa shape index (κ2) is 3.65. The van der Waals surface area contributed by atoms with E-state index in [0.29, 0.717) is 12.0 Å². The highest BCUT2D eigenvalue weighted by atomic mass is 32.1. The minimum Gasteiger partial charge on any atom is -0.136 e. The van der Waals surface area contributed by atoms with Gasteiger partial charge in [0.05, 0.1) is 4.88 Å². The van der Waals surface area contributed by atoms with Crippen molar-refractivity contribution in [2.45, 2.75) is 58.9 Å². The Morgan fingerprint density at radius 3 is 2.43 bits per heavy atom. The number of nitrogens with zero attached hydrogens (tertiary/aromatic N) is 1. The zero-order chi connectivity index (χ0) is 10.3. The Kier molecular flexibility index (Phi) is 2.65. The molecule has 0 atom stereocenters. The van der Waals surface area contributed by atoms with Gasteiger partial charge in [-0.15, -0.1) is 3.96 Å². The Morgan fingerprint density at radius 2 is 1.86 bits per heavy atom. The lowest BCUT2D eigenvalue weighted by molar-refractivity contribution is -0.657. The van der Waals surface area contributed by atoms with Gasteiger partial charge in [-0.1, -0.05) is 13.8 Å². The van der Waals surface area contributed by atoms with Crippen molar-refractivity contribution in [3.05, 3.63) is 16.1 Å². The van der Waals surface area contributed by atoms with Crippen LogP contribution in [-0.2, 0) is 12.8 Å². The van der Waals surface area contributed by atoms with E-state index in [1.807, 2.05) is 11.5 Å². The predicted octanol–water partition coefficient (Wildman–Crippen LogP) is 3.23. The minimum absolute atomic E-state index is 0.638. The first-order valence-corrected chi connectivity index (χ1v) is 6.45. The third-order valence-electron chi connectivity index (χ3n) is 2.94. The molecule has 0 radical (unpaired) electrons. The summed E-state index contributed by atoms with van der Waals surface area (Å²) >= 11 is 1.99. The number of aromatic nitrogens is 1. The van der Waals surface area contributed by atoms with Gasteiger partial charge in [0.25, 0.3) is 0 Å². The highest BCUT2D eigenvalue weighted by molar-refractivity contribution is 7.02. The Hall–Kier alpha value is -0.370. The molecule has 0 aromatic carbocycles. The van der Waals surface area contributed by atoms with Crippen molar-refractivity contribution >= 4 is 11.5 Å². The molecule has 1 aliphatic rings. The molecule has 0 aliphatic heterocycles. The van der Waals surface area contributed by atoms with E-state index < -0.39 is 0 Å². The van der Waals surface area contributed by atoms with Crippen molar-refractivity contribution in [2.24, 2.45) is 0 Å². The number of hydrogen-bond donors (Lipinski definition) is 0. The fourth-order valence-electron chi connectivity index (χ4n) is 2.32. The van der Waals surface area contributed by atoms with Crippen LogP contribution in [0, 0.1) is 0 Å². The van der Waals surface area contributed by atoms with E-state index in [0.717, 1.165) is 0 Å². The molecule has 1 nitrogen and oxygen atoms in total. The van der Waals surface area contributed by atoms with Crippen LogP contribution in [-0.4, -0.2) is 0 Å². The molecule has 78 valence electrons. The molecule has 0 bridgehead atoms. The molecule has 0 spiro atoms. The topological polar surface area (TPSA) is 3.88 Å². The molecule has 0 saturated heterocycles. The van der Waals surface area contributed by atoms with Gasteiger partial charge in [-0.2, -0.15) is 0 Å². The molecule has 2 rings (SSSR count). The second-order valence-corrected chi connectivity index (χ2v) is 5.82. The molecule has 1 heterocycles. The average molecular weight is 210 g/mol. The van der Waals surface area contributed by atoms with Crippen molar-refractivity contribution in [3.8, 4) is 0 Å². The average Bonchev–Trinajstić information content (AvgIpc) is 2.59. The van der Waals surface area contributed by atoms with Gasteiger partial charge in [0.1, 0.15) is 11.5 Å². The monoisotopic (exact) mass is 210 g/mol. The summed E-state index contributed by atoms with van der Waals surface area (Å²) in [4.78, 5) is 1.63. The molecule has 1 aromatic heterocycles. The summed E-state index contributed by atoms with van der Waals surface area (Å²) in [7, 11) is 0. The van der Waals surface area contributed by atoms with Crippen LogP contribution in [0.3, 0.4) is 0 Å². The van der Waals surface area contributed by atoms with Gasteiger partial charge in [-0.25, -0.2) is 0 Å². The van der Waals surface area contributed by atoms with Crippen LogP contribution >= 0.6 is 11.5 Å². The van der Waals surface area contributed by atoms with E-state index in [1.165, 1.54) is 19.3 Å². The molecule has 1 aromatic rings. The zero-order valence-electron chi connectivity index (χ0n) is 9.63. The molecule has 2 heteroatoms. The quantitative estimate of drug-likeness (QED) is 0.660. The predicted molar refractivity (Wildman–Crippen MR) is 61.0 cm³/mol. The maximum atomic E-state index is 2.53. The maximum Gasteiger partial charge on any atom is 0.200 e. The Bertz CT molecular complexity index is 306. The van der Waals surface area contributed by atoms with Crippen molar-refractivity contribution in [2.75, 3.05) is 0 Å². The molecule has 0 saturated carbocycles. The number of hydrogen-bond acceptors (Lipinski definition) is 1. The lowest BCUT2D eigenvalue weighted by Gasteiger charge is -1.98. The molecule has 0 unspecified atom stereocenters. The smallest absolute Gasteiger partial charge is 0.136 e. The first kappa shape index (κ1) is 10.2. The van der Waals surface area contributed by atoms with Crippen LogP contribution in [0.4, 0.5) is 0 Å². The first-order valence-electron chi connectivity index (χ1n) is 5.67. The van der Waals surface area contributed by atoms with E-state index in [4.69, 9.17) is 0 Å². The molecule has 0 N–H and O–H groups in total. The molecule has 14 heavy (non-hydrogen) atoms. The van der Waals surface area contributed by atoms with Crippen LogP contribution in [0.15, 0.2) is 0 Å². The van der Waals surface area contributed by atoms with Crippen molar-refractivity contribution in [1.82, 2.24) is 0 Å². The molecule has 1 aliphatic carbocycles. The first-order chi connectivity index (χ1) is 6.61. The summed E-state index contributed by atoms with van der Waals surface area (Å²) in [6, 6.07) is 0.638. The maximum absolute atomic E-state index is 2.53. The summed E-state index contributed by atoms with van der Waals surface area (Å²) < 4.78 is 2.53. The van der Waals surface area contributed by atoms with Gasteiger partial charge in [-0.05, 0) is 32.6 Å². The molecule has 0 fully saturated rings. The third kappa shape index (κ3) is 1.50. The summed E-state index contributed by atoms with van der Waals surface area (Å²) in [5, 5.41) is 0. The van der Waals surface area contributed by atoms with Crippen LogP contribution < -0.4 is 3.96 Å². The van der Waals surface area contributed by atoms with Gasteiger partial charge in [-0.3, -0.25) is 0 Å². The minimum atomic E-state index is 0.638. The van der Waals surface area contributed by atoms with Crippen LogP contribution in [0.1, 0.15) is 62.2 Å². The van der Waals surface area contributed by atoms with E-state index in [-0.39, 0.29) is 0 Å². The lowest BCUT2D eigenvalue weighted by Crippen LogP contribution is -2.35. The Labute approximate surface area is 90.9 Å². The second-order valence-electron chi connectivity index (χ2n) is 4.81. The Morgan fingerprint density at radius 1 is 1.14 bits per heavy atom. The zero-order valence-corrected chi connectivity index (χ0v) is 10.4. The van der Waals surface area contributed by atoms with Crippen LogP contribution in [0.25, 0.3) is 0 Å². The van der Waals surface area contributed by atoms with E-state index in [1.54, 1.807) is 16.1 Å². The highest BCUT2D eigenvalue weighted by Crippen LogP contribution is 2.32. The normalized spacial score (nSPS) is 15.6. The van der Waals surface area contributed by atoms with Gasteiger partial charge < -0.3 is 0 Å². The Balaban J connectivity index is 2.49. The standard InChI is InChI=1S/C12H20NS/c1-8(2)12-10-6-5-7-11(10)13(14-12)9(3)4/h8-9H,5-7H2,1-4H3/q+1. The van der Waals surface area contributed by atoms with E-state index in [2.05, 4.69) is 31.7 Å². The van der Waals surface area contributed by atoms with Crippen molar-refractivity contribution < 1.29 is 3.96 Å². The van der Waals surface area contributed by atoms with Crippen LogP contribution in [0.2, 0.25) is 0 Å². The number of fused-ring (bicyclic) bond motifs is 1. The van der Waals surface area contributed by atoms with Gasteiger partial charge >= 0.3 is 0 Å². The molecular weight excluding hydrogens is 190 g/mol. The van der Waals surface area contributed by atoms with E-state index >= 15 is 0 Å². The van der Waals surface area contributed by atoms with Gasteiger partial charge in [0, 0.05) is 12.0 Å². The fraction of sp³-hybridized carbons (Fsp3) is 0.750. The van der Waals surface area contributed by atoms with E-state index in [9.17, 15) is 0 Å². The SMILES string of the molecule is CC(C)c1s[n+](C(C)C)c2c1CCC2. The highest BCUT2D eigenvalue weighted by Gasteiger charge is 2.32.